The molecule has 0 rings (SSSR count). The van der Waals surface area contributed by atoms with Gasteiger partial charge in [0.2, 0.25) is 0 Å². The Balaban J connectivity index is 3.79. The van der Waals surface area contributed by atoms with Gasteiger partial charge in [0.1, 0.15) is 5.78 Å². The van der Waals surface area contributed by atoms with Gasteiger partial charge in [-0.1, -0.05) is 19.3 Å². The summed E-state index contributed by atoms with van der Waals surface area (Å²) in [5.41, 5.74) is 0. The second kappa shape index (κ2) is 7.82. The molecular weight excluding hydrogens is 162 g/mol. The van der Waals surface area contributed by atoms with E-state index in [4.69, 9.17) is 0 Å². The molecule has 0 aliphatic heterocycles. The minimum Gasteiger partial charge on any atom is -0.306 e. The monoisotopic (exact) mass is 181 g/mol. The lowest BCUT2D eigenvalue weighted by molar-refractivity contribution is -0.117. The molecule has 0 aromatic carbocycles. The van der Waals surface area contributed by atoms with Crippen LogP contribution in [0.2, 0.25) is 0 Å². The number of unbranched alkanes of at least 4 members (excludes halogenated alkanes) is 2. The zero-order chi connectivity index (χ0) is 10.1. The van der Waals surface area contributed by atoms with Crippen LogP contribution < -0.4 is 5.32 Å². The van der Waals surface area contributed by atoms with E-state index in [2.05, 4.69) is 24.1 Å². The highest BCUT2D eigenvalue weighted by Crippen LogP contribution is 1.94. The average molecular weight is 181 g/mol. The Labute approximate surface area is 81.1 Å². The van der Waals surface area contributed by atoms with Crippen molar-refractivity contribution in [2.45, 2.75) is 45.6 Å². The Bertz CT molecular complexity index is 200. The van der Waals surface area contributed by atoms with Crippen molar-refractivity contribution in [3.8, 4) is 11.8 Å². The van der Waals surface area contributed by atoms with E-state index in [-0.39, 0.29) is 11.8 Å². The lowest BCUT2D eigenvalue weighted by Gasteiger charge is -2.05. The molecule has 13 heavy (non-hydrogen) atoms. The first-order chi connectivity index (χ1) is 6.20. The summed E-state index contributed by atoms with van der Waals surface area (Å²) < 4.78 is 0. The molecule has 0 radical (unpaired) electrons. The van der Waals surface area contributed by atoms with E-state index in [1.807, 2.05) is 7.05 Å². The van der Waals surface area contributed by atoms with Crippen molar-refractivity contribution in [2.24, 2.45) is 0 Å². The standard InChI is InChI=1S/C11H19NO/c1-4-5-6-7-8-11(12-3)9-10(2)13/h11-12H,4-6,9H2,1-3H3. The fourth-order valence-electron chi connectivity index (χ4n) is 0.973. The summed E-state index contributed by atoms with van der Waals surface area (Å²) in [7, 11) is 1.84. The van der Waals surface area contributed by atoms with Crippen molar-refractivity contribution >= 4 is 5.78 Å². The van der Waals surface area contributed by atoms with Gasteiger partial charge >= 0.3 is 0 Å². The normalized spacial score (nSPS) is 11.6. The summed E-state index contributed by atoms with van der Waals surface area (Å²) in [6.07, 6.45) is 3.76. The summed E-state index contributed by atoms with van der Waals surface area (Å²) >= 11 is 0. The fraction of sp³-hybridized carbons (Fsp3) is 0.727. The molecule has 0 amide bonds. The van der Waals surface area contributed by atoms with Crippen LogP contribution in [0.25, 0.3) is 0 Å². The molecular formula is C11H19NO. The quantitative estimate of drug-likeness (QED) is 0.517. The number of hydrogen-bond donors (Lipinski definition) is 1. The molecule has 1 N–H and O–H groups in total. The number of rotatable bonds is 5. The molecule has 0 aliphatic rings. The predicted molar refractivity (Wildman–Crippen MR) is 55.4 cm³/mol. The zero-order valence-corrected chi connectivity index (χ0v) is 8.81. The van der Waals surface area contributed by atoms with E-state index in [1.165, 1.54) is 6.42 Å². The van der Waals surface area contributed by atoms with Crippen LogP contribution in [0.1, 0.15) is 39.5 Å². The second-order valence-electron chi connectivity index (χ2n) is 3.17. The maximum absolute atomic E-state index is 10.8. The zero-order valence-electron chi connectivity index (χ0n) is 8.81. The molecule has 0 fully saturated rings. The van der Waals surface area contributed by atoms with Gasteiger partial charge in [-0.3, -0.25) is 4.79 Å². The highest BCUT2D eigenvalue weighted by atomic mass is 16.1. The third-order valence-corrected chi connectivity index (χ3v) is 1.77. The van der Waals surface area contributed by atoms with E-state index in [0.29, 0.717) is 6.42 Å². The van der Waals surface area contributed by atoms with Crippen molar-refractivity contribution in [1.29, 1.82) is 0 Å². The van der Waals surface area contributed by atoms with Crippen LogP contribution in [0.15, 0.2) is 0 Å². The van der Waals surface area contributed by atoms with Gasteiger partial charge < -0.3 is 5.32 Å². The second-order valence-corrected chi connectivity index (χ2v) is 3.17. The van der Waals surface area contributed by atoms with Gasteiger partial charge in [0.05, 0.1) is 6.04 Å². The minimum absolute atomic E-state index is 0.0364. The maximum Gasteiger partial charge on any atom is 0.132 e. The Kier molecular flexibility index (Phi) is 7.33. The SMILES string of the molecule is CCCCC#CC(CC(C)=O)NC. The molecule has 2 nitrogen and oxygen atoms in total. The van der Waals surface area contributed by atoms with Crippen molar-refractivity contribution in [3.05, 3.63) is 0 Å². The van der Waals surface area contributed by atoms with Crippen molar-refractivity contribution in [1.82, 2.24) is 5.32 Å². The van der Waals surface area contributed by atoms with Crippen LogP contribution in [0.5, 0.6) is 0 Å². The van der Waals surface area contributed by atoms with Crippen LogP contribution >= 0.6 is 0 Å². The average Bonchev–Trinajstić information content (AvgIpc) is 2.09. The third kappa shape index (κ3) is 7.55. The third-order valence-electron chi connectivity index (χ3n) is 1.77. The molecule has 0 saturated carbocycles. The van der Waals surface area contributed by atoms with E-state index in [9.17, 15) is 4.79 Å². The van der Waals surface area contributed by atoms with E-state index < -0.39 is 0 Å². The smallest absolute Gasteiger partial charge is 0.132 e. The summed E-state index contributed by atoms with van der Waals surface area (Å²) in [5, 5.41) is 3.02. The molecule has 0 spiro atoms. The van der Waals surface area contributed by atoms with Crippen LogP contribution in [-0.4, -0.2) is 18.9 Å². The lowest BCUT2D eigenvalue weighted by Crippen LogP contribution is -2.25. The van der Waals surface area contributed by atoms with Crippen molar-refractivity contribution in [3.63, 3.8) is 0 Å². The van der Waals surface area contributed by atoms with Gasteiger partial charge in [-0.15, -0.1) is 5.92 Å². The highest BCUT2D eigenvalue weighted by molar-refractivity contribution is 5.76. The molecule has 1 unspecified atom stereocenters. The van der Waals surface area contributed by atoms with Gasteiger partial charge in [0, 0.05) is 12.8 Å². The Hall–Kier alpha value is -0.810. The number of carbonyl (C=O) groups excluding carboxylic acids is 1. The highest BCUT2D eigenvalue weighted by Gasteiger charge is 2.03. The number of hydrogen-bond acceptors (Lipinski definition) is 2. The van der Waals surface area contributed by atoms with Crippen molar-refractivity contribution < 1.29 is 4.79 Å². The molecule has 0 bridgehead atoms. The molecule has 0 aromatic rings. The maximum atomic E-state index is 10.8. The molecule has 2 heteroatoms. The van der Waals surface area contributed by atoms with Gasteiger partial charge in [0.15, 0.2) is 0 Å². The van der Waals surface area contributed by atoms with Crippen molar-refractivity contribution in [2.75, 3.05) is 7.05 Å². The van der Waals surface area contributed by atoms with Gasteiger partial charge in [-0.25, -0.2) is 0 Å². The van der Waals surface area contributed by atoms with E-state index in [0.717, 1.165) is 12.8 Å². The summed E-state index contributed by atoms with van der Waals surface area (Å²) in [6.45, 7) is 3.74. The van der Waals surface area contributed by atoms with Gasteiger partial charge in [0.25, 0.3) is 0 Å². The molecule has 0 heterocycles. The van der Waals surface area contributed by atoms with E-state index >= 15 is 0 Å². The van der Waals surface area contributed by atoms with Gasteiger partial charge in [-0.2, -0.15) is 0 Å². The van der Waals surface area contributed by atoms with E-state index in [1.54, 1.807) is 6.92 Å². The largest absolute Gasteiger partial charge is 0.306 e. The molecule has 74 valence electrons. The number of nitrogens with one attached hydrogen (secondary N) is 1. The Morgan fingerprint density at radius 1 is 1.54 bits per heavy atom. The summed E-state index contributed by atoms with van der Waals surface area (Å²) in [5.74, 6) is 6.32. The van der Waals surface area contributed by atoms with Crippen LogP contribution in [-0.2, 0) is 4.79 Å². The Morgan fingerprint density at radius 2 is 2.23 bits per heavy atom. The Morgan fingerprint density at radius 3 is 2.69 bits per heavy atom. The summed E-state index contributed by atoms with van der Waals surface area (Å²) in [6, 6.07) is 0.0364. The van der Waals surface area contributed by atoms with Crippen LogP contribution in [0.3, 0.4) is 0 Å². The topological polar surface area (TPSA) is 29.1 Å². The first kappa shape index (κ1) is 12.2. The molecule has 0 aliphatic carbocycles. The van der Waals surface area contributed by atoms with Crippen LogP contribution in [0, 0.1) is 11.8 Å². The first-order valence-electron chi connectivity index (χ1n) is 4.85. The molecule has 0 saturated heterocycles. The molecule has 0 aromatic heterocycles. The molecule has 1 atom stereocenters. The first-order valence-corrected chi connectivity index (χ1v) is 4.85. The number of Topliss-reactive ketones (excluding diaryl/α,β-unsaturated/α-hetero) is 1. The number of carbonyl (C=O) groups is 1. The summed E-state index contributed by atoms with van der Waals surface area (Å²) in [4.78, 5) is 10.8. The van der Waals surface area contributed by atoms with Gasteiger partial charge in [-0.05, 0) is 20.4 Å². The lowest BCUT2D eigenvalue weighted by atomic mass is 10.1. The minimum atomic E-state index is 0.0364. The van der Waals surface area contributed by atoms with Crippen LogP contribution in [0.4, 0.5) is 0 Å². The number of ketones is 1. The fourth-order valence-corrected chi connectivity index (χ4v) is 0.973. The predicted octanol–water partition coefficient (Wildman–Crippen LogP) is 1.75.